The molecule has 3 nitrogen and oxygen atoms in total. The maximum Gasteiger partial charge on any atom is 0.446 e. The van der Waals surface area contributed by atoms with Gasteiger partial charge in [-0.05, 0) is 37.2 Å². The molecular weight excluding hydrogens is 305 g/mol. The molecule has 0 bridgehead atoms. The molecule has 1 aromatic carbocycles. The normalized spacial score (nSPS) is 19.0. The van der Waals surface area contributed by atoms with Crippen LogP contribution in [0.1, 0.15) is 29.8 Å². The third kappa shape index (κ3) is 3.78. The first kappa shape index (κ1) is 16.3. The van der Waals surface area contributed by atoms with Gasteiger partial charge >= 0.3 is 5.51 Å². The average molecular weight is 320 g/mol. The van der Waals surface area contributed by atoms with Crippen LogP contribution in [0.3, 0.4) is 0 Å². The average Bonchev–Trinajstić information content (AvgIpc) is 2.65. The van der Waals surface area contributed by atoms with Crippen LogP contribution in [0, 0.1) is 0 Å². The fourth-order valence-corrected chi connectivity index (χ4v) is 2.91. The van der Waals surface area contributed by atoms with Crippen molar-refractivity contribution in [2.75, 3.05) is 7.11 Å². The molecule has 0 saturated carbocycles. The highest BCUT2D eigenvalue weighted by molar-refractivity contribution is 8.00. The first-order valence-corrected chi connectivity index (χ1v) is 7.09. The lowest BCUT2D eigenvalue weighted by atomic mass is 10.1. The van der Waals surface area contributed by atoms with Crippen molar-refractivity contribution in [3.8, 4) is 0 Å². The summed E-state index contributed by atoms with van der Waals surface area (Å²) < 4.78 is 48.3. The molecule has 7 heteroatoms. The first-order valence-electron chi connectivity index (χ1n) is 6.28. The second-order valence-corrected chi connectivity index (χ2v) is 6.22. The Morgan fingerprint density at radius 1 is 1.29 bits per heavy atom. The fraction of sp³-hybridized carbons (Fsp3) is 0.500. The van der Waals surface area contributed by atoms with Gasteiger partial charge in [-0.3, -0.25) is 4.79 Å². The van der Waals surface area contributed by atoms with Gasteiger partial charge in [-0.2, -0.15) is 13.2 Å². The number of fused-ring (bicyclic) bond motifs is 1. The predicted molar refractivity (Wildman–Crippen MR) is 72.3 cm³/mol. The summed E-state index contributed by atoms with van der Waals surface area (Å²) in [5.74, 6) is -1.40. The molecule has 0 amide bonds. The minimum Gasteiger partial charge on any atom is -0.354 e. The van der Waals surface area contributed by atoms with Crippen LogP contribution in [-0.2, 0) is 15.9 Å². The molecule has 21 heavy (non-hydrogen) atoms. The van der Waals surface area contributed by atoms with Crippen LogP contribution in [0.25, 0.3) is 0 Å². The maximum atomic E-state index is 12.6. The molecule has 0 aromatic heterocycles. The molecule has 2 rings (SSSR count). The number of Topliss-reactive ketones (excluding diaryl/α,β-unsaturated/α-hetero) is 1. The highest BCUT2D eigenvalue weighted by Gasteiger charge is 2.39. The van der Waals surface area contributed by atoms with E-state index in [0.717, 1.165) is 0 Å². The lowest BCUT2D eigenvalue weighted by molar-refractivity contribution is -0.211. The monoisotopic (exact) mass is 320 g/mol. The lowest BCUT2D eigenvalue weighted by Gasteiger charge is -2.26. The summed E-state index contributed by atoms with van der Waals surface area (Å²) in [4.78, 5) is 12.3. The highest BCUT2D eigenvalue weighted by atomic mass is 32.2. The fourth-order valence-electron chi connectivity index (χ4n) is 2.18. The second-order valence-electron chi connectivity index (χ2n) is 5.12. The smallest absolute Gasteiger partial charge is 0.354 e. The number of benzene rings is 1. The summed E-state index contributed by atoms with van der Waals surface area (Å²) in [5, 5.41) is 0. The predicted octanol–water partition coefficient (Wildman–Crippen LogP) is 3.81. The van der Waals surface area contributed by atoms with E-state index in [1.165, 1.54) is 19.2 Å². The Kier molecular flexibility index (Phi) is 4.37. The van der Waals surface area contributed by atoms with Crippen LogP contribution in [0.4, 0.5) is 13.2 Å². The quantitative estimate of drug-likeness (QED) is 0.624. The molecule has 0 aliphatic heterocycles. The lowest BCUT2D eigenvalue weighted by Crippen LogP contribution is -2.35. The van der Waals surface area contributed by atoms with E-state index in [0.29, 0.717) is 5.56 Å². The molecule has 0 spiro atoms. The van der Waals surface area contributed by atoms with Gasteiger partial charge in [-0.25, -0.2) is 0 Å². The van der Waals surface area contributed by atoms with Crippen LogP contribution in [0.5, 0.6) is 0 Å². The number of hydrogen-bond donors (Lipinski definition) is 0. The maximum absolute atomic E-state index is 12.6. The van der Waals surface area contributed by atoms with Gasteiger partial charge in [-0.1, -0.05) is 12.1 Å². The number of carbonyl (C=O) groups is 1. The van der Waals surface area contributed by atoms with Crippen molar-refractivity contribution in [2.24, 2.45) is 0 Å². The van der Waals surface area contributed by atoms with Crippen molar-refractivity contribution in [1.29, 1.82) is 0 Å². The van der Waals surface area contributed by atoms with E-state index in [-0.39, 0.29) is 28.6 Å². The molecule has 1 aliphatic rings. The summed E-state index contributed by atoms with van der Waals surface area (Å²) in [7, 11) is 1.44. The molecule has 1 atom stereocenters. The Bertz CT molecular complexity index is 555. The van der Waals surface area contributed by atoms with E-state index >= 15 is 0 Å². The van der Waals surface area contributed by atoms with E-state index in [2.05, 4.69) is 0 Å². The van der Waals surface area contributed by atoms with E-state index in [1.807, 2.05) is 0 Å². The Hall–Kier alpha value is -1.05. The van der Waals surface area contributed by atoms with Crippen molar-refractivity contribution in [3.05, 3.63) is 29.3 Å². The largest absolute Gasteiger partial charge is 0.446 e. The van der Waals surface area contributed by atoms with Gasteiger partial charge in [0.15, 0.2) is 11.6 Å². The first-order chi connectivity index (χ1) is 9.63. The van der Waals surface area contributed by atoms with Gasteiger partial charge in [-0.15, -0.1) is 0 Å². The zero-order valence-electron chi connectivity index (χ0n) is 11.8. The minimum atomic E-state index is -4.43. The van der Waals surface area contributed by atoms with Gasteiger partial charge in [0, 0.05) is 24.0 Å². The molecule has 0 heterocycles. The molecule has 116 valence electrons. The van der Waals surface area contributed by atoms with E-state index < -0.39 is 23.2 Å². The highest BCUT2D eigenvalue weighted by Crippen LogP contribution is 2.42. The van der Waals surface area contributed by atoms with Crippen LogP contribution < -0.4 is 0 Å². The van der Waals surface area contributed by atoms with Gasteiger partial charge in [0.25, 0.3) is 0 Å². The SMILES string of the molecule is COC(C)(C)OC1Cc2cccc(SC(F)(F)F)c2C1=O. The van der Waals surface area contributed by atoms with Gasteiger partial charge in [0.2, 0.25) is 0 Å². The second kappa shape index (κ2) is 5.62. The third-order valence-electron chi connectivity index (χ3n) is 3.20. The summed E-state index contributed by atoms with van der Waals surface area (Å²) >= 11 is -0.272. The number of ether oxygens (including phenoxy) is 2. The number of thioether (sulfide) groups is 1. The molecular formula is C14H15F3O3S. The van der Waals surface area contributed by atoms with Crippen LogP contribution in [0.15, 0.2) is 23.1 Å². The molecule has 1 aliphatic carbocycles. The van der Waals surface area contributed by atoms with Crippen LogP contribution >= 0.6 is 11.8 Å². The number of hydrogen-bond acceptors (Lipinski definition) is 4. The van der Waals surface area contributed by atoms with Crippen molar-refractivity contribution < 1.29 is 27.4 Å². The molecule has 1 unspecified atom stereocenters. The van der Waals surface area contributed by atoms with Gasteiger partial charge in [0.05, 0.1) is 0 Å². The minimum absolute atomic E-state index is 0.0775. The van der Waals surface area contributed by atoms with Crippen molar-refractivity contribution in [2.45, 2.75) is 42.6 Å². The Balaban J connectivity index is 2.28. The Labute approximate surface area is 124 Å². The molecule has 0 radical (unpaired) electrons. The zero-order valence-corrected chi connectivity index (χ0v) is 12.6. The number of rotatable bonds is 4. The van der Waals surface area contributed by atoms with E-state index in [9.17, 15) is 18.0 Å². The van der Waals surface area contributed by atoms with E-state index in [1.54, 1.807) is 19.9 Å². The van der Waals surface area contributed by atoms with Crippen molar-refractivity contribution >= 4 is 17.5 Å². The topological polar surface area (TPSA) is 35.5 Å². The summed E-state index contributed by atoms with van der Waals surface area (Å²) in [6, 6.07) is 4.47. The third-order valence-corrected chi connectivity index (χ3v) is 3.99. The summed E-state index contributed by atoms with van der Waals surface area (Å²) in [5.41, 5.74) is -3.75. The number of halogens is 3. The number of carbonyl (C=O) groups excluding carboxylic acids is 1. The van der Waals surface area contributed by atoms with E-state index in [4.69, 9.17) is 9.47 Å². The Morgan fingerprint density at radius 2 is 1.95 bits per heavy atom. The number of methoxy groups -OCH3 is 1. The van der Waals surface area contributed by atoms with Crippen molar-refractivity contribution in [1.82, 2.24) is 0 Å². The van der Waals surface area contributed by atoms with Crippen molar-refractivity contribution in [3.63, 3.8) is 0 Å². The van der Waals surface area contributed by atoms with Gasteiger partial charge < -0.3 is 9.47 Å². The molecule has 1 aromatic rings. The number of alkyl halides is 3. The van der Waals surface area contributed by atoms with Gasteiger partial charge in [0.1, 0.15) is 6.10 Å². The van der Waals surface area contributed by atoms with Crippen LogP contribution in [0.2, 0.25) is 0 Å². The van der Waals surface area contributed by atoms with Crippen LogP contribution in [-0.4, -0.2) is 30.3 Å². The molecule has 0 N–H and O–H groups in total. The summed E-state index contributed by atoms with van der Waals surface area (Å²) in [6.07, 6.45) is -0.558. The molecule has 0 saturated heterocycles. The Morgan fingerprint density at radius 3 is 2.52 bits per heavy atom. The summed E-state index contributed by atoms with van der Waals surface area (Å²) in [6.45, 7) is 3.29. The zero-order chi connectivity index (χ0) is 15.8. The number of ketones is 1. The molecule has 0 fully saturated rings. The standard InChI is InChI=1S/C14H15F3O3S/c1-13(2,19-3)20-9-7-8-5-4-6-10(11(8)12(9)18)21-14(15,16)17/h4-6,9H,7H2,1-3H3.